The number of hydrogen-bond acceptors (Lipinski definition) is 3. The molecule has 72 valence electrons. The molecule has 13 heavy (non-hydrogen) atoms. The van der Waals surface area contributed by atoms with E-state index >= 15 is 0 Å². The van der Waals surface area contributed by atoms with Crippen molar-refractivity contribution >= 4 is 29.2 Å². The summed E-state index contributed by atoms with van der Waals surface area (Å²) in [6, 6.07) is 0. The van der Waals surface area contributed by atoms with E-state index in [1.165, 1.54) is 6.20 Å². The first-order chi connectivity index (χ1) is 6.16. The molecule has 4 nitrogen and oxygen atoms in total. The Labute approximate surface area is 92.4 Å². The molecule has 0 unspecified atom stereocenters. The minimum absolute atomic E-state index is 0.536. The van der Waals surface area contributed by atoms with Gasteiger partial charge in [-0.1, -0.05) is 19.9 Å². The summed E-state index contributed by atoms with van der Waals surface area (Å²) in [6.45, 7) is 4.22. The van der Waals surface area contributed by atoms with E-state index in [2.05, 4.69) is 53.0 Å². The Morgan fingerprint density at radius 2 is 2.00 bits per heavy atom. The molecule has 1 N–H and O–H groups in total. The quantitative estimate of drug-likeness (QED) is 0.273. The van der Waals surface area contributed by atoms with Crippen molar-refractivity contribution < 1.29 is 0 Å². The van der Waals surface area contributed by atoms with Gasteiger partial charge in [0.25, 0.3) is 0 Å². The number of allylic oxidation sites excluding steroid dienone is 1. The molecule has 0 amide bonds. The predicted molar refractivity (Wildman–Crippen MR) is 62.6 cm³/mol. The minimum Gasteiger partial charge on any atom is -0.296 e. The maximum atomic E-state index is 6.58. The maximum absolute atomic E-state index is 6.58. The molecular formula is C8H13IN4. The average Bonchev–Trinajstić information content (AvgIpc) is 2.09. The Morgan fingerprint density at radius 1 is 1.31 bits per heavy atom. The van der Waals surface area contributed by atoms with E-state index in [-0.39, 0.29) is 0 Å². The van der Waals surface area contributed by atoms with Crippen molar-refractivity contribution in [3.63, 3.8) is 0 Å². The van der Waals surface area contributed by atoms with Gasteiger partial charge in [0, 0.05) is 12.4 Å². The van der Waals surface area contributed by atoms with Crippen molar-refractivity contribution in [1.29, 1.82) is 5.41 Å². The van der Waals surface area contributed by atoms with E-state index in [0.717, 1.165) is 6.34 Å². The van der Waals surface area contributed by atoms with Crippen LogP contribution < -0.4 is 0 Å². The van der Waals surface area contributed by atoms with E-state index in [4.69, 9.17) is 5.41 Å². The van der Waals surface area contributed by atoms with Gasteiger partial charge in [0.05, 0.1) is 29.1 Å². The van der Waals surface area contributed by atoms with Crippen molar-refractivity contribution in [3.05, 3.63) is 24.7 Å². The fraction of sp³-hybridized carbons (Fsp3) is 0.375. The number of halogens is 1. The Bertz CT molecular complexity index is 220. The van der Waals surface area contributed by atoms with Gasteiger partial charge in [-0.15, -0.1) is 5.11 Å². The summed E-state index contributed by atoms with van der Waals surface area (Å²) in [5.74, 6) is 0.536. The third-order valence-corrected chi connectivity index (χ3v) is 1.66. The highest BCUT2D eigenvalue weighted by Gasteiger charge is 1.86. The Morgan fingerprint density at radius 3 is 2.54 bits per heavy atom. The molecule has 0 heterocycles. The third-order valence-electron chi connectivity index (χ3n) is 1.01. The molecule has 0 aromatic carbocycles. The summed E-state index contributed by atoms with van der Waals surface area (Å²) in [6.07, 6.45) is 8.20. The first kappa shape index (κ1) is 12.3. The Balaban J connectivity index is 3.85. The lowest BCUT2D eigenvalue weighted by atomic mass is 10.2. The average molecular weight is 292 g/mol. The number of nitrogens with one attached hydrogen (secondary N) is 1. The van der Waals surface area contributed by atoms with E-state index in [0.29, 0.717) is 5.92 Å². The van der Waals surface area contributed by atoms with Crippen LogP contribution in [0, 0.1) is 11.3 Å². The molecule has 0 atom stereocenters. The van der Waals surface area contributed by atoms with Crippen molar-refractivity contribution in [2.24, 2.45) is 16.1 Å². The summed E-state index contributed by atoms with van der Waals surface area (Å²) in [5, 5.41) is 13.5. The molecule has 0 aromatic heterocycles. The molecule has 0 spiro atoms. The van der Waals surface area contributed by atoms with E-state index in [9.17, 15) is 0 Å². The number of nitrogens with zero attached hydrogens (tertiary/aromatic N) is 3. The Hall–Kier alpha value is -0.720. The number of azo groups is 1. The molecule has 0 aliphatic rings. The van der Waals surface area contributed by atoms with Gasteiger partial charge in [0.15, 0.2) is 0 Å². The van der Waals surface area contributed by atoms with Crippen LogP contribution in [-0.4, -0.2) is 9.45 Å². The van der Waals surface area contributed by atoms with Crippen LogP contribution >= 0.6 is 22.9 Å². The van der Waals surface area contributed by atoms with Gasteiger partial charge in [-0.3, -0.25) is 8.52 Å². The minimum atomic E-state index is 0.536. The second kappa shape index (κ2) is 7.90. The summed E-state index contributed by atoms with van der Waals surface area (Å²) < 4.78 is 1.85. The molecule has 0 fully saturated rings. The summed E-state index contributed by atoms with van der Waals surface area (Å²) in [5.41, 5.74) is 0. The molecular weight excluding hydrogens is 279 g/mol. The highest BCUT2D eigenvalue weighted by Crippen LogP contribution is 2.03. The van der Waals surface area contributed by atoms with Crippen molar-refractivity contribution in [3.8, 4) is 0 Å². The SMILES string of the molecule is CC(C)/C=C\N(I)/C=C\N=NC=N. The van der Waals surface area contributed by atoms with Crippen LogP contribution in [0.25, 0.3) is 0 Å². The molecule has 0 aliphatic carbocycles. The smallest absolute Gasteiger partial charge is 0.129 e. The second-order valence-corrected chi connectivity index (χ2v) is 3.70. The van der Waals surface area contributed by atoms with Gasteiger partial charge in [-0.05, 0) is 5.92 Å². The highest BCUT2D eigenvalue weighted by atomic mass is 127. The van der Waals surface area contributed by atoms with Crippen LogP contribution in [0.15, 0.2) is 34.9 Å². The van der Waals surface area contributed by atoms with Gasteiger partial charge in [0.2, 0.25) is 0 Å². The third kappa shape index (κ3) is 9.19. The van der Waals surface area contributed by atoms with Gasteiger partial charge in [-0.25, -0.2) is 0 Å². The lowest BCUT2D eigenvalue weighted by molar-refractivity contribution is 0.800. The lowest BCUT2D eigenvalue weighted by Crippen LogP contribution is -1.90. The van der Waals surface area contributed by atoms with Crippen LogP contribution in [0.1, 0.15) is 13.8 Å². The second-order valence-electron chi connectivity index (χ2n) is 2.59. The number of rotatable bonds is 5. The maximum Gasteiger partial charge on any atom is 0.129 e. The molecule has 0 saturated carbocycles. The molecule has 0 bridgehead atoms. The summed E-state index contributed by atoms with van der Waals surface area (Å²) in [7, 11) is 0. The molecule has 0 radical (unpaired) electrons. The zero-order chi connectivity index (χ0) is 10.1. The van der Waals surface area contributed by atoms with Crippen molar-refractivity contribution in [2.75, 3.05) is 0 Å². The molecule has 0 aromatic rings. The van der Waals surface area contributed by atoms with Crippen LogP contribution in [0.3, 0.4) is 0 Å². The zero-order valence-corrected chi connectivity index (χ0v) is 9.84. The van der Waals surface area contributed by atoms with Gasteiger partial charge < -0.3 is 0 Å². The summed E-state index contributed by atoms with van der Waals surface area (Å²) in [4.78, 5) is 0. The van der Waals surface area contributed by atoms with Crippen LogP contribution in [0.2, 0.25) is 0 Å². The fourth-order valence-electron chi connectivity index (χ4n) is 0.469. The standard InChI is InChI=1S/C8H13IN4/c1-8(2)3-5-13(9)6-4-11-12-7-10/h3-8,10H,1-2H3/b5-3-,6-4-,10-7?,12-11?. The molecule has 0 saturated heterocycles. The molecule has 0 rings (SSSR count). The van der Waals surface area contributed by atoms with Crippen molar-refractivity contribution in [2.45, 2.75) is 13.8 Å². The zero-order valence-electron chi connectivity index (χ0n) is 7.68. The topological polar surface area (TPSA) is 51.8 Å². The Kier molecular flexibility index (Phi) is 7.47. The van der Waals surface area contributed by atoms with Crippen LogP contribution in [0.4, 0.5) is 0 Å². The van der Waals surface area contributed by atoms with Gasteiger partial charge in [0.1, 0.15) is 6.34 Å². The van der Waals surface area contributed by atoms with Gasteiger partial charge in [-0.2, -0.15) is 5.11 Å². The van der Waals surface area contributed by atoms with E-state index in [1.54, 1.807) is 6.20 Å². The predicted octanol–water partition coefficient (Wildman–Crippen LogP) is 3.34. The first-order valence-corrected chi connectivity index (χ1v) is 4.81. The number of hydrogen-bond donors (Lipinski definition) is 1. The van der Waals surface area contributed by atoms with Crippen LogP contribution in [-0.2, 0) is 0 Å². The van der Waals surface area contributed by atoms with Crippen molar-refractivity contribution in [1.82, 2.24) is 3.11 Å². The summed E-state index contributed by atoms with van der Waals surface area (Å²) >= 11 is 2.13. The fourth-order valence-corrected chi connectivity index (χ4v) is 0.799. The molecule has 0 aliphatic heterocycles. The van der Waals surface area contributed by atoms with E-state index < -0.39 is 0 Å². The molecule has 5 heteroatoms. The highest BCUT2D eigenvalue weighted by molar-refractivity contribution is 14.1. The first-order valence-electron chi connectivity index (χ1n) is 3.85. The normalized spacial score (nSPS) is 12.3. The largest absolute Gasteiger partial charge is 0.296 e. The van der Waals surface area contributed by atoms with Gasteiger partial charge >= 0.3 is 0 Å². The monoisotopic (exact) mass is 292 g/mol. The van der Waals surface area contributed by atoms with Crippen LogP contribution in [0.5, 0.6) is 0 Å². The van der Waals surface area contributed by atoms with E-state index in [1.807, 2.05) is 9.31 Å². The lowest BCUT2D eigenvalue weighted by Gasteiger charge is -2.02.